The van der Waals surface area contributed by atoms with Gasteiger partial charge < -0.3 is 10.0 Å². The van der Waals surface area contributed by atoms with Gasteiger partial charge in [-0.3, -0.25) is 9.59 Å². The van der Waals surface area contributed by atoms with Crippen molar-refractivity contribution in [2.24, 2.45) is 5.92 Å². The van der Waals surface area contributed by atoms with Crippen molar-refractivity contribution in [1.29, 1.82) is 0 Å². The Kier molecular flexibility index (Phi) is 4.70. The van der Waals surface area contributed by atoms with Crippen molar-refractivity contribution in [3.8, 4) is 0 Å². The number of hydrogen-bond acceptors (Lipinski definition) is 3. The molecule has 1 heterocycles. The molecule has 0 spiro atoms. The highest BCUT2D eigenvalue weighted by molar-refractivity contribution is 8.00. The van der Waals surface area contributed by atoms with Crippen LogP contribution in [0.4, 0.5) is 0 Å². The summed E-state index contributed by atoms with van der Waals surface area (Å²) in [4.78, 5) is 25.0. The quantitative estimate of drug-likeness (QED) is 0.924. The smallest absolute Gasteiger partial charge is 0.308 e. The van der Waals surface area contributed by atoms with E-state index in [0.29, 0.717) is 0 Å². The number of benzene rings is 1. The van der Waals surface area contributed by atoms with Gasteiger partial charge in [0.05, 0.1) is 5.92 Å². The van der Waals surface area contributed by atoms with E-state index in [-0.39, 0.29) is 17.7 Å². The van der Waals surface area contributed by atoms with E-state index < -0.39 is 11.9 Å². The van der Waals surface area contributed by atoms with Crippen LogP contribution in [0, 0.1) is 5.92 Å². The third-order valence-corrected chi connectivity index (χ3v) is 4.79. The fraction of sp³-hybridized carbons (Fsp3) is 0.467. The number of aryl methyl sites for hydroxylation is 1. The molecular weight excluding hydrogens is 274 g/mol. The van der Waals surface area contributed by atoms with Crippen molar-refractivity contribution in [3.05, 3.63) is 35.4 Å². The van der Waals surface area contributed by atoms with Gasteiger partial charge in [0, 0.05) is 13.6 Å². The van der Waals surface area contributed by atoms with E-state index in [0.717, 1.165) is 17.7 Å². The highest BCUT2D eigenvalue weighted by atomic mass is 32.2. The number of aliphatic carboxylic acids is 1. The largest absolute Gasteiger partial charge is 0.481 e. The highest BCUT2D eigenvalue weighted by Gasteiger charge is 2.30. The number of rotatable bonds is 4. The molecule has 1 N–H and O–H groups in total. The van der Waals surface area contributed by atoms with Crippen molar-refractivity contribution >= 4 is 23.6 Å². The first-order chi connectivity index (χ1) is 9.50. The molecule has 0 saturated heterocycles. The van der Waals surface area contributed by atoms with Gasteiger partial charge in [0.1, 0.15) is 5.25 Å². The van der Waals surface area contributed by atoms with Gasteiger partial charge in [-0.1, -0.05) is 31.2 Å². The van der Waals surface area contributed by atoms with E-state index in [1.165, 1.54) is 5.56 Å². The van der Waals surface area contributed by atoms with Gasteiger partial charge in [0.2, 0.25) is 5.91 Å². The summed E-state index contributed by atoms with van der Waals surface area (Å²) in [7, 11) is 1.68. The number of carboxylic acids is 1. The van der Waals surface area contributed by atoms with E-state index in [4.69, 9.17) is 5.11 Å². The summed E-state index contributed by atoms with van der Waals surface area (Å²) in [5.74, 6) is -0.500. The molecule has 1 aliphatic rings. The second-order valence-electron chi connectivity index (χ2n) is 5.16. The summed E-state index contributed by atoms with van der Waals surface area (Å²) in [5.41, 5.74) is 2.30. The first-order valence-corrected chi connectivity index (χ1v) is 7.72. The van der Waals surface area contributed by atoms with E-state index in [1.807, 2.05) is 18.2 Å². The minimum Gasteiger partial charge on any atom is -0.481 e. The van der Waals surface area contributed by atoms with Gasteiger partial charge in [-0.2, -0.15) is 0 Å². The minimum absolute atomic E-state index is 0.00440. The van der Waals surface area contributed by atoms with Gasteiger partial charge in [-0.25, -0.2) is 0 Å². The average molecular weight is 293 g/mol. The van der Waals surface area contributed by atoms with Crippen LogP contribution >= 0.6 is 11.8 Å². The zero-order valence-electron chi connectivity index (χ0n) is 11.7. The summed E-state index contributed by atoms with van der Waals surface area (Å²) in [6.45, 7) is 1.86. The summed E-state index contributed by atoms with van der Waals surface area (Å²) in [6, 6.07) is 8.01. The molecule has 4 nitrogen and oxygen atoms in total. The highest BCUT2D eigenvalue weighted by Crippen LogP contribution is 2.37. The van der Waals surface area contributed by atoms with E-state index >= 15 is 0 Å². The van der Waals surface area contributed by atoms with Crippen LogP contribution in [-0.4, -0.2) is 41.2 Å². The Morgan fingerprint density at radius 3 is 2.85 bits per heavy atom. The van der Waals surface area contributed by atoms with E-state index in [2.05, 4.69) is 6.07 Å². The lowest BCUT2D eigenvalue weighted by molar-refractivity contribution is -0.142. The van der Waals surface area contributed by atoms with Crippen molar-refractivity contribution in [2.75, 3.05) is 19.3 Å². The predicted octanol–water partition coefficient (Wildman–Crippen LogP) is 2.20. The molecule has 0 fully saturated rings. The van der Waals surface area contributed by atoms with E-state index in [9.17, 15) is 9.59 Å². The molecule has 0 aliphatic carbocycles. The van der Waals surface area contributed by atoms with Crippen LogP contribution in [0.5, 0.6) is 0 Å². The van der Waals surface area contributed by atoms with Gasteiger partial charge >= 0.3 is 5.97 Å². The lowest BCUT2D eigenvalue weighted by Crippen LogP contribution is -2.37. The molecular formula is C15H19NO3S. The van der Waals surface area contributed by atoms with Crippen LogP contribution in [-0.2, 0) is 16.0 Å². The topological polar surface area (TPSA) is 57.6 Å². The predicted molar refractivity (Wildman–Crippen MR) is 79.8 cm³/mol. The Labute approximate surface area is 123 Å². The lowest BCUT2D eigenvalue weighted by atomic mass is 10.0. The number of likely N-dealkylation sites (N-methyl/N-ethyl adjacent to an activating group) is 1. The molecule has 20 heavy (non-hydrogen) atoms. The van der Waals surface area contributed by atoms with Crippen LogP contribution in [0.15, 0.2) is 24.3 Å². The molecule has 1 aromatic carbocycles. The van der Waals surface area contributed by atoms with Crippen molar-refractivity contribution in [1.82, 2.24) is 4.90 Å². The number of fused-ring (bicyclic) bond motifs is 1. The number of amides is 1. The van der Waals surface area contributed by atoms with E-state index in [1.54, 1.807) is 30.6 Å². The van der Waals surface area contributed by atoms with Crippen molar-refractivity contribution < 1.29 is 14.7 Å². The number of carbonyl (C=O) groups excluding carboxylic acids is 1. The lowest BCUT2D eigenvalue weighted by Gasteiger charge is -2.29. The third-order valence-electron chi connectivity index (χ3n) is 3.56. The normalized spacial score (nSPS) is 19.0. The second-order valence-corrected chi connectivity index (χ2v) is 6.37. The monoisotopic (exact) mass is 293 g/mol. The summed E-state index contributed by atoms with van der Waals surface area (Å²) in [6.07, 6.45) is 0.986. The molecule has 5 heteroatoms. The van der Waals surface area contributed by atoms with Gasteiger partial charge in [0.15, 0.2) is 0 Å². The first kappa shape index (κ1) is 14.9. The zero-order valence-corrected chi connectivity index (χ0v) is 12.5. The Balaban J connectivity index is 2.12. The maximum Gasteiger partial charge on any atom is 0.308 e. The third kappa shape index (κ3) is 3.15. The fourth-order valence-corrected chi connectivity index (χ4v) is 3.68. The minimum atomic E-state index is -0.874. The van der Waals surface area contributed by atoms with Crippen LogP contribution in [0.2, 0.25) is 0 Å². The number of carbonyl (C=O) groups is 2. The molecule has 0 unspecified atom stereocenters. The van der Waals surface area contributed by atoms with Crippen LogP contribution in [0.1, 0.15) is 23.3 Å². The SMILES string of the molecule is C[C@H](CN(C)C(=O)[C@@H]1SCCc2ccccc21)C(=O)O. The Bertz CT molecular complexity index is 518. The molecule has 0 aromatic heterocycles. The average Bonchev–Trinajstić information content (AvgIpc) is 2.45. The maximum absolute atomic E-state index is 12.5. The molecule has 108 valence electrons. The molecule has 0 bridgehead atoms. The molecule has 1 aliphatic heterocycles. The number of hydrogen-bond donors (Lipinski definition) is 1. The summed E-state index contributed by atoms with van der Waals surface area (Å²) < 4.78 is 0. The Hall–Kier alpha value is -1.49. The summed E-state index contributed by atoms with van der Waals surface area (Å²) in [5, 5.41) is 8.73. The van der Waals surface area contributed by atoms with Crippen molar-refractivity contribution in [2.45, 2.75) is 18.6 Å². The second kappa shape index (κ2) is 6.31. The Morgan fingerprint density at radius 2 is 2.15 bits per heavy atom. The van der Waals surface area contributed by atoms with Gasteiger partial charge in [-0.05, 0) is 23.3 Å². The first-order valence-electron chi connectivity index (χ1n) is 6.68. The van der Waals surface area contributed by atoms with Gasteiger partial charge in [-0.15, -0.1) is 11.8 Å². The van der Waals surface area contributed by atoms with Crippen LogP contribution in [0.25, 0.3) is 0 Å². The molecule has 0 radical (unpaired) electrons. The molecule has 1 aromatic rings. The summed E-state index contributed by atoms with van der Waals surface area (Å²) >= 11 is 1.64. The number of thioether (sulfide) groups is 1. The van der Waals surface area contributed by atoms with Crippen LogP contribution < -0.4 is 0 Å². The standard InChI is InChI=1S/C15H19NO3S/c1-10(15(18)19)9-16(2)14(17)13-12-6-4-3-5-11(12)7-8-20-13/h3-6,10,13H,7-9H2,1-2H3,(H,18,19)/t10-,13-/m1/s1. The van der Waals surface area contributed by atoms with Gasteiger partial charge in [0.25, 0.3) is 0 Å². The number of nitrogens with zero attached hydrogens (tertiary/aromatic N) is 1. The molecule has 2 atom stereocenters. The molecule has 2 rings (SSSR count). The fourth-order valence-electron chi connectivity index (χ4n) is 2.38. The van der Waals surface area contributed by atoms with Crippen LogP contribution in [0.3, 0.4) is 0 Å². The zero-order chi connectivity index (χ0) is 14.7. The molecule has 0 saturated carbocycles. The maximum atomic E-state index is 12.5. The van der Waals surface area contributed by atoms with Crippen molar-refractivity contribution in [3.63, 3.8) is 0 Å². The Morgan fingerprint density at radius 1 is 1.45 bits per heavy atom. The molecule has 1 amide bonds. The number of carboxylic acid groups (broad SMARTS) is 1.